The minimum absolute atomic E-state index is 0.502. The van der Waals surface area contributed by atoms with E-state index in [0.717, 1.165) is 16.6 Å². The highest BCUT2D eigenvalue weighted by atomic mass is 79.9. The predicted molar refractivity (Wildman–Crippen MR) is 75.2 cm³/mol. The lowest BCUT2D eigenvalue weighted by Crippen LogP contribution is -1.97. The SMILES string of the molecule is CCc1cccc(Oc2ncnc(NC)c2Br)c1. The number of nitrogens with one attached hydrogen (secondary N) is 1. The molecule has 0 aliphatic heterocycles. The first-order valence-electron chi connectivity index (χ1n) is 5.69. The third-order valence-electron chi connectivity index (χ3n) is 2.52. The lowest BCUT2D eigenvalue weighted by Gasteiger charge is -2.09. The average Bonchev–Trinajstić information content (AvgIpc) is 2.41. The number of rotatable bonds is 4. The summed E-state index contributed by atoms with van der Waals surface area (Å²) in [5, 5.41) is 2.97. The highest BCUT2D eigenvalue weighted by Gasteiger charge is 2.09. The van der Waals surface area contributed by atoms with E-state index in [1.54, 1.807) is 7.05 Å². The summed E-state index contributed by atoms with van der Waals surface area (Å²) in [6.45, 7) is 2.11. The number of aromatic nitrogens is 2. The topological polar surface area (TPSA) is 47.0 Å². The van der Waals surface area contributed by atoms with Crippen molar-refractivity contribution in [2.24, 2.45) is 0 Å². The molecule has 94 valence electrons. The maximum absolute atomic E-state index is 5.76. The molecule has 0 fully saturated rings. The number of aryl methyl sites for hydroxylation is 1. The van der Waals surface area contributed by atoms with Crippen LogP contribution in [0, 0.1) is 0 Å². The molecule has 18 heavy (non-hydrogen) atoms. The minimum Gasteiger partial charge on any atom is -0.438 e. The number of benzene rings is 1. The van der Waals surface area contributed by atoms with Gasteiger partial charge in [0.1, 0.15) is 22.4 Å². The fourth-order valence-electron chi connectivity index (χ4n) is 1.54. The molecule has 0 radical (unpaired) electrons. The number of hydrogen-bond acceptors (Lipinski definition) is 4. The highest BCUT2D eigenvalue weighted by Crippen LogP contribution is 2.31. The van der Waals surface area contributed by atoms with E-state index in [1.165, 1.54) is 11.9 Å². The first-order valence-corrected chi connectivity index (χ1v) is 6.49. The molecule has 1 heterocycles. The molecule has 0 spiro atoms. The van der Waals surface area contributed by atoms with Gasteiger partial charge in [0.15, 0.2) is 0 Å². The Balaban J connectivity index is 2.28. The van der Waals surface area contributed by atoms with E-state index in [-0.39, 0.29) is 0 Å². The Hall–Kier alpha value is -1.62. The Labute approximate surface area is 115 Å². The molecule has 0 unspecified atom stereocenters. The lowest BCUT2D eigenvalue weighted by atomic mass is 10.2. The molecule has 0 saturated heterocycles. The summed E-state index contributed by atoms with van der Waals surface area (Å²) in [5.41, 5.74) is 1.23. The van der Waals surface area contributed by atoms with Crippen LogP contribution in [0.3, 0.4) is 0 Å². The van der Waals surface area contributed by atoms with Crippen molar-refractivity contribution >= 4 is 21.7 Å². The Kier molecular flexibility index (Phi) is 4.15. The second-order valence-electron chi connectivity index (χ2n) is 3.69. The minimum atomic E-state index is 0.502. The van der Waals surface area contributed by atoms with Crippen LogP contribution >= 0.6 is 15.9 Å². The van der Waals surface area contributed by atoms with Gasteiger partial charge in [-0.05, 0) is 40.0 Å². The molecule has 1 N–H and O–H groups in total. The number of halogens is 1. The summed E-state index contributed by atoms with van der Waals surface area (Å²) in [6.07, 6.45) is 2.44. The van der Waals surface area contributed by atoms with E-state index < -0.39 is 0 Å². The van der Waals surface area contributed by atoms with E-state index in [0.29, 0.717) is 11.7 Å². The van der Waals surface area contributed by atoms with Crippen LogP contribution in [0.1, 0.15) is 12.5 Å². The van der Waals surface area contributed by atoms with Crippen LogP contribution in [0.5, 0.6) is 11.6 Å². The van der Waals surface area contributed by atoms with Gasteiger partial charge >= 0.3 is 0 Å². The summed E-state index contributed by atoms with van der Waals surface area (Å²) in [4.78, 5) is 8.20. The van der Waals surface area contributed by atoms with Crippen molar-refractivity contribution in [3.05, 3.63) is 40.6 Å². The maximum atomic E-state index is 5.76. The monoisotopic (exact) mass is 307 g/mol. The Morgan fingerprint density at radius 1 is 1.33 bits per heavy atom. The molecule has 0 saturated carbocycles. The zero-order chi connectivity index (χ0) is 13.0. The Morgan fingerprint density at radius 2 is 2.17 bits per heavy atom. The molecular formula is C13H14BrN3O. The summed E-state index contributed by atoms with van der Waals surface area (Å²) >= 11 is 3.42. The van der Waals surface area contributed by atoms with Crippen molar-refractivity contribution in [1.82, 2.24) is 9.97 Å². The quantitative estimate of drug-likeness (QED) is 0.937. The van der Waals surface area contributed by atoms with E-state index in [9.17, 15) is 0 Å². The van der Waals surface area contributed by atoms with E-state index in [2.05, 4.69) is 44.2 Å². The molecule has 0 bridgehead atoms. The van der Waals surface area contributed by atoms with Gasteiger partial charge in [0.2, 0.25) is 5.88 Å². The van der Waals surface area contributed by atoms with Crippen molar-refractivity contribution < 1.29 is 4.74 Å². The van der Waals surface area contributed by atoms with Crippen LogP contribution < -0.4 is 10.1 Å². The standard InChI is InChI=1S/C13H14BrN3O/c1-3-9-5-4-6-10(7-9)18-13-11(14)12(15-2)16-8-17-13/h4-8H,3H2,1-2H3,(H,15,16,17). The highest BCUT2D eigenvalue weighted by molar-refractivity contribution is 9.10. The van der Waals surface area contributed by atoms with E-state index >= 15 is 0 Å². The largest absolute Gasteiger partial charge is 0.438 e. The van der Waals surface area contributed by atoms with Gasteiger partial charge in [-0.2, -0.15) is 0 Å². The summed E-state index contributed by atoms with van der Waals surface area (Å²) in [5.74, 6) is 1.98. The molecule has 0 atom stereocenters. The van der Waals surface area contributed by atoms with Gasteiger partial charge in [0.05, 0.1) is 0 Å². The second-order valence-corrected chi connectivity index (χ2v) is 4.49. The van der Waals surface area contributed by atoms with Crippen LogP contribution in [0.25, 0.3) is 0 Å². The molecule has 5 heteroatoms. The van der Waals surface area contributed by atoms with Crippen LogP contribution in [0.2, 0.25) is 0 Å². The van der Waals surface area contributed by atoms with Gasteiger partial charge in [-0.3, -0.25) is 0 Å². The molecule has 0 aliphatic rings. The van der Waals surface area contributed by atoms with Gasteiger partial charge in [0, 0.05) is 7.05 Å². The van der Waals surface area contributed by atoms with Crippen LogP contribution in [0.4, 0.5) is 5.82 Å². The lowest BCUT2D eigenvalue weighted by molar-refractivity contribution is 0.458. The normalized spacial score (nSPS) is 10.2. The maximum Gasteiger partial charge on any atom is 0.238 e. The number of anilines is 1. The van der Waals surface area contributed by atoms with Crippen molar-refractivity contribution in [3.8, 4) is 11.6 Å². The van der Waals surface area contributed by atoms with Crippen molar-refractivity contribution in [2.75, 3.05) is 12.4 Å². The third-order valence-corrected chi connectivity index (χ3v) is 3.23. The van der Waals surface area contributed by atoms with Gasteiger partial charge in [0.25, 0.3) is 0 Å². The number of hydrogen-bond donors (Lipinski definition) is 1. The molecule has 2 rings (SSSR count). The zero-order valence-electron chi connectivity index (χ0n) is 10.3. The van der Waals surface area contributed by atoms with Crippen molar-refractivity contribution in [3.63, 3.8) is 0 Å². The number of ether oxygens (including phenoxy) is 1. The molecule has 0 aliphatic carbocycles. The third kappa shape index (κ3) is 2.79. The Morgan fingerprint density at radius 3 is 2.89 bits per heavy atom. The smallest absolute Gasteiger partial charge is 0.238 e. The summed E-state index contributed by atoms with van der Waals surface area (Å²) < 4.78 is 6.47. The van der Waals surface area contributed by atoms with Gasteiger partial charge in [-0.15, -0.1) is 0 Å². The molecule has 0 amide bonds. The molecule has 4 nitrogen and oxygen atoms in total. The second kappa shape index (κ2) is 5.82. The predicted octanol–water partition coefficient (Wildman–Crippen LogP) is 3.64. The molecule has 1 aromatic heterocycles. The molecule has 2 aromatic rings. The Bertz CT molecular complexity index is 546. The van der Waals surface area contributed by atoms with Crippen molar-refractivity contribution in [2.45, 2.75) is 13.3 Å². The van der Waals surface area contributed by atoms with E-state index in [1.807, 2.05) is 18.2 Å². The van der Waals surface area contributed by atoms with Gasteiger partial charge in [-0.1, -0.05) is 19.1 Å². The first-order chi connectivity index (χ1) is 8.74. The van der Waals surface area contributed by atoms with Crippen LogP contribution in [-0.4, -0.2) is 17.0 Å². The fourth-order valence-corrected chi connectivity index (χ4v) is 2.02. The van der Waals surface area contributed by atoms with Gasteiger partial charge in [-0.25, -0.2) is 9.97 Å². The fraction of sp³-hybridized carbons (Fsp3) is 0.231. The molecule has 1 aromatic carbocycles. The zero-order valence-corrected chi connectivity index (χ0v) is 11.9. The summed E-state index contributed by atoms with van der Waals surface area (Å²) in [6, 6.07) is 7.96. The van der Waals surface area contributed by atoms with Gasteiger partial charge < -0.3 is 10.1 Å². The number of nitrogens with zero attached hydrogens (tertiary/aromatic N) is 2. The van der Waals surface area contributed by atoms with E-state index in [4.69, 9.17) is 4.74 Å². The summed E-state index contributed by atoms with van der Waals surface area (Å²) in [7, 11) is 1.80. The van der Waals surface area contributed by atoms with Crippen LogP contribution in [-0.2, 0) is 6.42 Å². The van der Waals surface area contributed by atoms with Crippen LogP contribution in [0.15, 0.2) is 35.1 Å². The first kappa shape index (κ1) is 12.8. The average molecular weight is 308 g/mol. The van der Waals surface area contributed by atoms with Crippen molar-refractivity contribution in [1.29, 1.82) is 0 Å². The molecular weight excluding hydrogens is 294 g/mol.